The van der Waals surface area contributed by atoms with Gasteiger partial charge in [0.25, 0.3) is 0 Å². The van der Waals surface area contributed by atoms with Crippen LogP contribution in [0.2, 0.25) is 0 Å². The fourth-order valence-corrected chi connectivity index (χ4v) is 21.4. The quantitative estimate of drug-likeness (QED) is 0.153. The number of fused-ring (bicyclic) bond motifs is 5. The molecule has 10 rings (SSSR count). The molecule has 0 saturated carbocycles. The van der Waals surface area contributed by atoms with Gasteiger partial charge in [0.05, 0.1) is 85.6 Å². The Morgan fingerprint density at radius 2 is 0.815 bits per heavy atom. The Kier molecular flexibility index (Phi) is 28.5. The lowest BCUT2D eigenvalue weighted by molar-refractivity contribution is -0.361. The van der Waals surface area contributed by atoms with Crippen LogP contribution >= 0.6 is 0 Å². The Morgan fingerprint density at radius 1 is 0.435 bits per heavy atom. The third-order valence-corrected chi connectivity index (χ3v) is 28.8. The molecule has 9 fully saturated rings. The number of carbonyl (C=O) groups excluding carboxylic acids is 2. The molecule has 4 bridgehead atoms. The minimum absolute atomic E-state index is 0.00434. The summed E-state index contributed by atoms with van der Waals surface area (Å²) in [5.41, 5.74) is -2.19. The van der Waals surface area contributed by atoms with Crippen molar-refractivity contribution in [2.24, 2.45) is 105 Å². The smallest absolute Gasteiger partial charge is 0.311 e. The van der Waals surface area contributed by atoms with Crippen molar-refractivity contribution in [3.05, 3.63) is 35.9 Å². The summed E-state index contributed by atoms with van der Waals surface area (Å²) in [7, 11) is 0. The molecule has 0 radical (unpaired) electrons. The Balaban J connectivity index is 0.000000251. The molecule has 1 spiro atoms. The maximum Gasteiger partial charge on any atom is 0.311 e. The molecule has 4 unspecified atom stereocenters. The number of aliphatic hydroxyl groups is 1. The molecule has 622 valence electrons. The highest BCUT2D eigenvalue weighted by molar-refractivity contribution is 5.73. The summed E-state index contributed by atoms with van der Waals surface area (Å²) in [5.74, 6) is -2.47. The molecule has 9 heterocycles. The van der Waals surface area contributed by atoms with E-state index in [0.29, 0.717) is 49.5 Å². The van der Waals surface area contributed by atoms with Crippen LogP contribution in [0.1, 0.15) is 278 Å². The topological polar surface area (TPSA) is 196 Å². The molecule has 9 saturated heterocycles. The van der Waals surface area contributed by atoms with E-state index in [1.807, 2.05) is 78.8 Å². The van der Waals surface area contributed by atoms with Crippen LogP contribution in [0.5, 0.6) is 0 Å². The second-order valence-corrected chi connectivity index (χ2v) is 40.6. The van der Waals surface area contributed by atoms with Gasteiger partial charge >= 0.3 is 11.9 Å². The molecular formula is C90H154O18. The SMILES string of the molecule is CC[C@H]1OC(=O)[C@H](C)[C@@H](OC2CC(C)(C)[C@@H](C)[C@H](C)O2)[C@H](C)[C@@H](OC2O[C@H](C)C[C@H](C)[C@H]2C)C(C)(C)C[C@@H](C)[C@@H]2OC(C)(C)O[C@H]([C@H]2C)[C@@]1(O)Cc1ccccc1.CC[C@H]1OC(=O)[C@H](C)[C@@H](OC2CC(C)(C)[C@@H](C)[C@H](C)O2)[C@H](C)[C@@H](OC2O[C@H](C)C[C@H](C)[C@H]2C)C(C)(C)C[C@@H](C)[C@@H]2OC(C)(C)O[C@H]([C@H]2C)[C@@]12CO2. The van der Waals surface area contributed by atoms with Crippen LogP contribution in [0.4, 0.5) is 0 Å². The Bertz CT molecular complexity index is 3060. The van der Waals surface area contributed by atoms with Crippen LogP contribution in [-0.2, 0) is 87.1 Å². The van der Waals surface area contributed by atoms with Gasteiger partial charge in [-0.3, -0.25) is 9.59 Å². The van der Waals surface area contributed by atoms with Gasteiger partial charge in [-0.1, -0.05) is 183 Å². The van der Waals surface area contributed by atoms with Gasteiger partial charge in [0.1, 0.15) is 23.9 Å². The van der Waals surface area contributed by atoms with Gasteiger partial charge in [0.2, 0.25) is 0 Å². The summed E-state index contributed by atoms with van der Waals surface area (Å²) in [4.78, 5) is 29.4. The van der Waals surface area contributed by atoms with E-state index >= 15 is 0 Å². The second-order valence-electron chi connectivity index (χ2n) is 40.6. The molecule has 9 aliphatic rings. The van der Waals surface area contributed by atoms with Crippen molar-refractivity contribution in [2.75, 3.05) is 6.61 Å². The maximum atomic E-state index is 14.9. The first-order valence-electron chi connectivity index (χ1n) is 42.7. The predicted octanol–water partition coefficient (Wildman–Crippen LogP) is 18.3. The standard InChI is InChI=1S/C48H80O9.C42H74O9/c1-17-37-48(50,25-36-21-19-18-20-22-36)42-31(6)39(56-47(15,16)57-42)28(3)24-46(13,14)41(55-44-30(5)27(2)23-29(4)51-44)32(7)40(33(8)43(49)53-37)54-38-26-45(11,12)34(9)35(10)52-38;1-17-31-42(21-44-42)36-26(6)33(50-41(15,16)51-36)23(3)19-40(13,14)35(49-38-25(5)22(2)18-24(4)45-38)27(7)34(28(8)37(43)47-31)48-32-20-39(11,12)29(9)30(10)46-32/h18-22,27-35,37-42,44,50H,17,23-26H2,1-16H3;22-36,38H,17-21H2,1-16H3/t27-,28+,29+,30+,31-,32-,33+,34-,35-,37+,38?,39-,40-,41+,42+,44?,48+;22-,23+,24+,25+,26-,27-,28+,29-,30-,31+,32?,33-,34-,35+,36+,38?,42+/m00/s1. The zero-order valence-corrected chi connectivity index (χ0v) is 73.3. The van der Waals surface area contributed by atoms with Crippen LogP contribution in [-0.4, -0.2) is 157 Å². The van der Waals surface area contributed by atoms with Gasteiger partial charge in [-0.05, 0) is 170 Å². The number of hydrogen-bond donors (Lipinski definition) is 1. The van der Waals surface area contributed by atoms with Crippen LogP contribution in [0.25, 0.3) is 0 Å². The number of ether oxygens (including phenoxy) is 15. The van der Waals surface area contributed by atoms with Crippen molar-refractivity contribution in [1.82, 2.24) is 0 Å². The molecule has 9 aliphatic heterocycles. The van der Waals surface area contributed by atoms with Crippen molar-refractivity contribution in [3.63, 3.8) is 0 Å². The average molecular weight is 1520 g/mol. The summed E-state index contributed by atoms with van der Waals surface area (Å²) in [6, 6.07) is 9.93. The molecular weight excluding hydrogens is 1370 g/mol. The lowest BCUT2D eigenvalue weighted by Gasteiger charge is -2.54. The fraction of sp³-hybridized carbons (Fsp3) is 0.911. The van der Waals surface area contributed by atoms with Crippen molar-refractivity contribution >= 4 is 11.9 Å². The maximum absolute atomic E-state index is 14.9. The average Bonchev–Trinajstić information content (AvgIpc) is 1.77. The summed E-state index contributed by atoms with van der Waals surface area (Å²) >= 11 is 0. The number of esters is 2. The lowest BCUT2D eigenvalue weighted by Crippen LogP contribution is -2.66. The number of hydrogen-bond acceptors (Lipinski definition) is 18. The van der Waals surface area contributed by atoms with Crippen LogP contribution in [0.3, 0.4) is 0 Å². The highest BCUT2D eigenvalue weighted by Crippen LogP contribution is 2.54. The minimum atomic E-state index is -1.57. The predicted molar refractivity (Wildman–Crippen MR) is 420 cm³/mol. The van der Waals surface area contributed by atoms with E-state index in [2.05, 4.69) is 173 Å². The third kappa shape index (κ3) is 19.6. The van der Waals surface area contributed by atoms with Crippen molar-refractivity contribution in [1.29, 1.82) is 0 Å². The number of benzene rings is 1. The first kappa shape index (κ1) is 89.5. The Labute approximate surface area is 654 Å². The number of rotatable bonds is 12. The van der Waals surface area contributed by atoms with Crippen molar-refractivity contribution in [2.45, 2.75) is 413 Å². The van der Waals surface area contributed by atoms with Gasteiger partial charge in [-0.2, -0.15) is 0 Å². The van der Waals surface area contributed by atoms with Crippen molar-refractivity contribution in [3.8, 4) is 0 Å². The lowest BCUT2D eigenvalue weighted by atomic mass is 9.67. The van der Waals surface area contributed by atoms with Crippen molar-refractivity contribution < 1.29 is 85.7 Å². The van der Waals surface area contributed by atoms with E-state index in [4.69, 9.17) is 71.1 Å². The monoisotopic (exact) mass is 1520 g/mol. The largest absolute Gasteiger partial charge is 0.459 e. The van der Waals surface area contributed by atoms with Crippen LogP contribution in [0, 0.1) is 105 Å². The first-order chi connectivity index (χ1) is 49.9. The molecule has 1 aromatic carbocycles. The minimum Gasteiger partial charge on any atom is -0.459 e. The second kappa shape index (κ2) is 34.4. The van der Waals surface area contributed by atoms with E-state index in [9.17, 15) is 14.7 Å². The number of carbonyl (C=O) groups is 2. The number of epoxide rings is 1. The zero-order chi connectivity index (χ0) is 80.4. The highest BCUT2D eigenvalue weighted by atomic mass is 16.8. The Hall–Kier alpha value is -2.40. The van der Waals surface area contributed by atoms with E-state index in [1.165, 1.54) is 0 Å². The molecule has 0 amide bonds. The summed E-state index contributed by atoms with van der Waals surface area (Å²) in [6.45, 7) is 69.7. The molecule has 18 nitrogen and oxygen atoms in total. The van der Waals surface area contributed by atoms with Gasteiger partial charge in [0, 0.05) is 54.8 Å². The third-order valence-electron chi connectivity index (χ3n) is 28.8. The van der Waals surface area contributed by atoms with Crippen LogP contribution in [0.15, 0.2) is 30.3 Å². The van der Waals surface area contributed by atoms with E-state index < -0.39 is 95.4 Å². The molecule has 34 atom stereocenters. The van der Waals surface area contributed by atoms with Gasteiger partial charge in [0.15, 0.2) is 42.3 Å². The van der Waals surface area contributed by atoms with E-state index in [1.54, 1.807) is 0 Å². The summed E-state index contributed by atoms with van der Waals surface area (Å²) < 4.78 is 102. The summed E-state index contributed by atoms with van der Waals surface area (Å²) in [5, 5.41) is 13.2. The Morgan fingerprint density at radius 3 is 1.19 bits per heavy atom. The van der Waals surface area contributed by atoms with E-state index in [-0.39, 0.29) is 137 Å². The zero-order valence-electron chi connectivity index (χ0n) is 73.3. The van der Waals surface area contributed by atoms with Gasteiger partial charge < -0.3 is 76.2 Å². The fourth-order valence-electron chi connectivity index (χ4n) is 21.4. The van der Waals surface area contributed by atoms with Gasteiger partial charge in [-0.15, -0.1) is 0 Å². The van der Waals surface area contributed by atoms with Gasteiger partial charge in [-0.25, -0.2) is 0 Å². The molecule has 0 aliphatic carbocycles. The number of cyclic esters (lactones) is 2. The summed E-state index contributed by atoms with van der Waals surface area (Å²) in [6.07, 6.45) is -0.0577. The normalized spacial score (nSPS) is 47.7. The molecule has 108 heavy (non-hydrogen) atoms. The first-order valence-corrected chi connectivity index (χ1v) is 42.7. The van der Waals surface area contributed by atoms with Crippen LogP contribution < -0.4 is 0 Å². The molecule has 1 aromatic rings. The molecule has 1 N–H and O–H groups in total. The highest BCUT2D eigenvalue weighted by Gasteiger charge is 2.66. The molecule has 18 heteroatoms. The van der Waals surface area contributed by atoms with E-state index in [0.717, 1.165) is 37.7 Å². The molecule has 0 aromatic heterocycles.